The third kappa shape index (κ3) is 6.77. The molecule has 3 aromatic rings. The maximum Gasteiger partial charge on any atom is 0.292 e. The molecule has 0 spiro atoms. The Hall–Kier alpha value is -3.94. The Labute approximate surface area is 199 Å². The van der Waals surface area contributed by atoms with Crippen LogP contribution in [-0.2, 0) is 9.59 Å². The van der Waals surface area contributed by atoms with Crippen LogP contribution in [0, 0.1) is 10.1 Å². The highest BCUT2D eigenvalue weighted by Crippen LogP contribution is 2.28. The van der Waals surface area contributed by atoms with E-state index in [1.54, 1.807) is 54.6 Å². The van der Waals surface area contributed by atoms with E-state index in [0.717, 1.165) is 0 Å². The molecule has 2 amide bonds. The predicted octanol–water partition coefficient (Wildman–Crippen LogP) is 6.21. The number of carbonyl (C=O) groups excluding carboxylic acids is 2. The minimum Gasteiger partial charge on any atom is -0.322 e. The summed E-state index contributed by atoms with van der Waals surface area (Å²) in [5, 5.41) is 17.4. The molecule has 0 fully saturated rings. The average Bonchev–Trinajstić information content (AvgIpc) is 2.78. The van der Waals surface area contributed by atoms with Crippen LogP contribution < -0.4 is 10.6 Å². The van der Waals surface area contributed by atoms with Gasteiger partial charge >= 0.3 is 0 Å². The van der Waals surface area contributed by atoms with Crippen LogP contribution in [-0.4, -0.2) is 16.7 Å². The molecule has 0 aromatic heterocycles. The maximum atomic E-state index is 12.3. The summed E-state index contributed by atoms with van der Waals surface area (Å²) in [5.74, 6) is -1.07. The zero-order valence-corrected chi connectivity index (χ0v) is 18.5. The first kappa shape index (κ1) is 23.7. The lowest BCUT2D eigenvalue weighted by atomic mass is 10.2. The summed E-state index contributed by atoms with van der Waals surface area (Å²) in [5.41, 5.74) is 1.16. The fourth-order valence-corrected chi connectivity index (χ4v) is 3.18. The molecule has 2 N–H and O–H groups in total. The van der Waals surface area contributed by atoms with E-state index in [-0.39, 0.29) is 17.1 Å². The third-order valence-electron chi connectivity index (χ3n) is 4.36. The van der Waals surface area contributed by atoms with Crippen LogP contribution in [0.2, 0.25) is 10.0 Å². The van der Waals surface area contributed by atoms with Gasteiger partial charge in [-0.25, -0.2) is 0 Å². The van der Waals surface area contributed by atoms with Gasteiger partial charge in [0.25, 0.3) is 5.69 Å². The lowest BCUT2D eigenvalue weighted by Crippen LogP contribution is -2.12. The molecule has 0 saturated carbocycles. The molecule has 0 unspecified atom stereocenters. The molecule has 0 aliphatic heterocycles. The van der Waals surface area contributed by atoms with Gasteiger partial charge in [0.15, 0.2) is 0 Å². The number of halogens is 2. The largest absolute Gasteiger partial charge is 0.322 e. The van der Waals surface area contributed by atoms with E-state index in [0.29, 0.717) is 21.2 Å². The molecule has 0 aliphatic carbocycles. The Balaban J connectivity index is 1.74. The molecule has 0 radical (unpaired) electrons. The first-order valence-corrected chi connectivity index (χ1v) is 10.3. The lowest BCUT2D eigenvalue weighted by molar-refractivity contribution is -0.383. The minimum absolute atomic E-state index is 0.0679. The topological polar surface area (TPSA) is 101 Å². The SMILES string of the molecule is O=C(C=Cc1ccccc1Cl)Nc1ccc([N+](=O)[O-])c(NC(=O)C=Cc2ccccc2Cl)c1. The van der Waals surface area contributed by atoms with Crippen molar-refractivity contribution in [3.05, 3.63) is 110 Å². The Kier molecular flexibility index (Phi) is 7.96. The number of anilines is 2. The molecule has 0 saturated heterocycles. The Morgan fingerprint density at radius 1 is 0.788 bits per heavy atom. The summed E-state index contributed by atoms with van der Waals surface area (Å²) in [6, 6.07) is 17.8. The molecule has 166 valence electrons. The Morgan fingerprint density at radius 3 is 1.82 bits per heavy atom. The monoisotopic (exact) mass is 481 g/mol. The number of benzene rings is 3. The van der Waals surface area contributed by atoms with Crippen molar-refractivity contribution < 1.29 is 14.5 Å². The Bertz CT molecular complexity index is 1270. The number of carbonyl (C=O) groups is 2. The second kappa shape index (κ2) is 11.1. The van der Waals surface area contributed by atoms with Gasteiger partial charge < -0.3 is 10.6 Å². The van der Waals surface area contributed by atoms with E-state index in [1.165, 1.54) is 36.4 Å². The molecule has 33 heavy (non-hydrogen) atoms. The number of amides is 2. The normalized spacial score (nSPS) is 11.0. The quantitative estimate of drug-likeness (QED) is 0.238. The summed E-state index contributed by atoms with van der Waals surface area (Å²) in [6.07, 6.45) is 5.54. The number of nitro benzene ring substituents is 1. The van der Waals surface area contributed by atoms with Gasteiger partial charge in [-0.05, 0) is 47.5 Å². The summed E-state index contributed by atoms with van der Waals surface area (Å²) in [7, 11) is 0. The molecule has 3 aromatic carbocycles. The Morgan fingerprint density at radius 2 is 1.30 bits per heavy atom. The molecule has 0 aliphatic rings. The van der Waals surface area contributed by atoms with Crippen LogP contribution in [0.25, 0.3) is 12.2 Å². The van der Waals surface area contributed by atoms with E-state index in [1.807, 2.05) is 0 Å². The fraction of sp³-hybridized carbons (Fsp3) is 0. The number of hydrogen-bond donors (Lipinski definition) is 2. The van der Waals surface area contributed by atoms with Gasteiger partial charge in [-0.2, -0.15) is 0 Å². The van der Waals surface area contributed by atoms with Crippen molar-refractivity contribution in [2.45, 2.75) is 0 Å². The highest BCUT2D eigenvalue weighted by Gasteiger charge is 2.16. The van der Waals surface area contributed by atoms with Gasteiger partial charge in [0.05, 0.1) is 4.92 Å². The van der Waals surface area contributed by atoms with E-state index in [2.05, 4.69) is 10.6 Å². The van der Waals surface area contributed by atoms with Crippen LogP contribution in [0.1, 0.15) is 11.1 Å². The van der Waals surface area contributed by atoms with Crippen LogP contribution >= 0.6 is 23.2 Å². The van der Waals surface area contributed by atoms with Crippen molar-refractivity contribution in [2.24, 2.45) is 0 Å². The molecule has 0 bridgehead atoms. The molecule has 7 nitrogen and oxygen atoms in total. The zero-order valence-electron chi connectivity index (χ0n) is 17.0. The van der Waals surface area contributed by atoms with Crippen molar-refractivity contribution in [3.63, 3.8) is 0 Å². The van der Waals surface area contributed by atoms with E-state index >= 15 is 0 Å². The van der Waals surface area contributed by atoms with Crippen molar-refractivity contribution >= 4 is 64.2 Å². The number of nitrogens with zero attached hydrogens (tertiary/aromatic N) is 1. The number of hydrogen-bond acceptors (Lipinski definition) is 4. The van der Waals surface area contributed by atoms with Crippen LogP contribution in [0.3, 0.4) is 0 Å². The standard InChI is InChI=1S/C24H17Cl2N3O4/c25-19-7-3-1-5-16(19)9-13-23(30)27-18-11-12-22(29(32)33)21(15-18)28-24(31)14-10-17-6-2-4-8-20(17)26/h1-15H,(H,27,30)(H,28,31). The maximum absolute atomic E-state index is 12.3. The van der Waals surface area contributed by atoms with Gasteiger partial charge in [0.2, 0.25) is 11.8 Å². The smallest absolute Gasteiger partial charge is 0.292 e. The van der Waals surface area contributed by atoms with Gasteiger partial charge in [-0.1, -0.05) is 59.6 Å². The zero-order chi connectivity index (χ0) is 23.8. The van der Waals surface area contributed by atoms with Crippen molar-refractivity contribution in [1.29, 1.82) is 0 Å². The van der Waals surface area contributed by atoms with Gasteiger partial charge in [0, 0.05) is 34.0 Å². The second-order valence-corrected chi connectivity index (χ2v) is 7.49. The number of rotatable bonds is 7. The number of nitrogens with one attached hydrogen (secondary N) is 2. The van der Waals surface area contributed by atoms with Crippen LogP contribution in [0.4, 0.5) is 17.1 Å². The first-order chi connectivity index (χ1) is 15.8. The van der Waals surface area contributed by atoms with Crippen LogP contribution in [0.15, 0.2) is 78.9 Å². The minimum atomic E-state index is -0.629. The highest BCUT2D eigenvalue weighted by molar-refractivity contribution is 6.32. The van der Waals surface area contributed by atoms with E-state index in [4.69, 9.17) is 23.2 Å². The van der Waals surface area contributed by atoms with E-state index in [9.17, 15) is 19.7 Å². The number of nitro groups is 1. The van der Waals surface area contributed by atoms with Gasteiger partial charge in [0.1, 0.15) is 5.69 Å². The molecule has 0 atom stereocenters. The molecule has 9 heteroatoms. The molecular weight excluding hydrogens is 465 g/mol. The van der Waals surface area contributed by atoms with Crippen molar-refractivity contribution in [1.82, 2.24) is 0 Å². The van der Waals surface area contributed by atoms with E-state index < -0.39 is 16.7 Å². The summed E-state index contributed by atoms with van der Waals surface area (Å²) < 4.78 is 0. The third-order valence-corrected chi connectivity index (χ3v) is 5.05. The fourth-order valence-electron chi connectivity index (χ4n) is 2.78. The van der Waals surface area contributed by atoms with Gasteiger partial charge in [-0.15, -0.1) is 0 Å². The first-order valence-electron chi connectivity index (χ1n) is 9.59. The van der Waals surface area contributed by atoms with Crippen molar-refractivity contribution in [2.75, 3.05) is 10.6 Å². The second-order valence-electron chi connectivity index (χ2n) is 6.68. The average molecular weight is 482 g/mol. The van der Waals surface area contributed by atoms with Gasteiger partial charge in [-0.3, -0.25) is 19.7 Å². The predicted molar refractivity (Wildman–Crippen MR) is 131 cm³/mol. The molecule has 0 heterocycles. The lowest BCUT2D eigenvalue weighted by Gasteiger charge is -2.08. The summed E-state index contributed by atoms with van der Waals surface area (Å²) in [6.45, 7) is 0. The molecule has 3 rings (SSSR count). The molecular formula is C24H17Cl2N3O4. The summed E-state index contributed by atoms with van der Waals surface area (Å²) >= 11 is 12.1. The van der Waals surface area contributed by atoms with Crippen molar-refractivity contribution in [3.8, 4) is 0 Å². The summed E-state index contributed by atoms with van der Waals surface area (Å²) in [4.78, 5) is 35.3. The highest BCUT2D eigenvalue weighted by atomic mass is 35.5. The van der Waals surface area contributed by atoms with Crippen LogP contribution in [0.5, 0.6) is 0 Å².